The third-order valence-electron chi connectivity index (χ3n) is 4.01. The number of carbonyl (C=O) groups is 1. The number of ether oxygens (including phenoxy) is 1. The van der Waals surface area contributed by atoms with Gasteiger partial charge in [0.15, 0.2) is 0 Å². The van der Waals surface area contributed by atoms with Gasteiger partial charge in [-0.15, -0.1) is 0 Å². The standard InChI is InChI=1S/C21H15Cl2N3O4/c22-17-6-3-16(20(23)11-17)13-30-19-9-4-15(5-10-19)21(27)25-24-12-14-1-7-18(8-2-14)26(28)29/h1-12H,13H2,(H,25,27)/b24-12+. The summed E-state index contributed by atoms with van der Waals surface area (Å²) in [5.74, 6) is 0.174. The predicted octanol–water partition coefficient (Wildman–Crippen LogP) is 5.24. The number of non-ortho nitro benzene ring substituents is 1. The third kappa shape index (κ3) is 5.79. The Balaban J connectivity index is 1.53. The highest BCUT2D eigenvalue weighted by Gasteiger charge is 2.07. The van der Waals surface area contributed by atoms with Crippen molar-refractivity contribution in [3.05, 3.63) is 104 Å². The van der Waals surface area contributed by atoms with E-state index in [1.54, 1.807) is 42.5 Å². The lowest BCUT2D eigenvalue weighted by atomic mass is 10.2. The van der Waals surface area contributed by atoms with Gasteiger partial charge < -0.3 is 4.74 Å². The van der Waals surface area contributed by atoms with Crippen LogP contribution in [0.25, 0.3) is 0 Å². The minimum atomic E-state index is -0.486. The number of halogens is 2. The van der Waals surface area contributed by atoms with Crippen molar-refractivity contribution in [2.45, 2.75) is 6.61 Å². The van der Waals surface area contributed by atoms with Crippen molar-refractivity contribution in [1.82, 2.24) is 5.43 Å². The van der Waals surface area contributed by atoms with Crippen LogP contribution in [0.5, 0.6) is 5.75 Å². The molecule has 0 atom stereocenters. The Hall–Kier alpha value is -3.42. The van der Waals surface area contributed by atoms with Crippen LogP contribution in [0.3, 0.4) is 0 Å². The highest BCUT2D eigenvalue weighted by molar-refractivity contribution is 6.35. The van der Waals surface area contributed by atoms with Gasteiger partial charge in [0.1, 0.15) is 12.4 Å². The molecule has 7 nitrogen and oxygen atoms in total. The molecule has 0 aliphatic rings. The molecule has 152 valence electrons. The molecule has 1 N–H and O–H groups in total. The van der Waals surface area contributed by atoms with Crippen LogP contribution in [-0.4, -0.2) is 17.0 Å². The SMILES string of the molecule is O=C(N/N=C/c1ccc([N+](=O)[O-])cc1)c1ccc(OCc2ccc(Cl)cc2Cl)cc1. The van der Waals surface area contributed by atoms with Gasteiger partial charge in [0.25, 0.3) is 11.6 Å². The molecule has 0 radical (unpaired) electrons. The van der Waals surface area contributed by atoms with E-state index in [9.17, 15) is 14.9 Å². The topological polar surface area (TPSA) is 93.8 Å². The molecule has 3 aromatic rings. The number of nitro benzene ring substituents is 1. The Bertz CT molecular complexity index is 1080. The quantitative estimate of drug-likeness (QED) is 0.306. The van der Waals surface area contributed by atoms with Gasteiger partial charge in [-0.3, -0.25) is 14.9 Å². The number of hydrogen-bond acceptors (Lipinski definition) is 5. The lowest BCUT2D eigenvalue weighted by molar-refractivity contribution is -0.384. The van der Waals surface area contributed by atoms with E-state index < -0.39 is 10.8 Å². The highest BCUT2D eigenvalue weighted by atomic mass is 35.5. The number of hydrogen-bond donors (Lipinski definition) is 1. The normalized spacial score (nSPS) is 10.7. The van der Waals surface area contributed by atoms with E-state index in [1.807, 2.05) is 0 Å². The van der Waals surface area contributed by atoms with E-state index in [0.29, 0.717) is 26.9 Å². The maximum Gasteiger partial charge on any atom is 0.271 e. The lowest BCUT2D eigenvalue weighted by Gasteiger charge is -2.08. The zero-order valence-corrected chi connectivity index (χ0v) is 16.9. The molecule has 0 aromatic heterocycles. The van der Waals surface area contributed by atoms with Gasteiger partial charge in [-0.05, 0) is 54.1 Å². The van der Waals surface area contributed by atoms with Gasteiger partial charge in [0.2, 0.25) is 0 Å². The van der Waals surface area contributed by atoms with E-state index in [2.05, 4.69) is 10.5 Å². The Morgan fingerprint density at radius 3 is 2.40 bits per heavy atom. The summed E-state index contributed by atoms with van der Waals surface area (Å²) in [6.07, 6.45) is 1.40. The molecule has 1 amide bonds. The van der Waals surface area contributed by atoms with Crippen LogP contribution < -0.4 is 10.2 Å². The molecule has 0 aliphatic carbocycles. The van der Waals surface area contributed by atoms with E-state index in [0.717, 1.165) is 5.56 Å². The number of nitrogens with zero attached hydrogens (tertiary/aromatic N) is 2. The Kier molecular flexibility index (Phi) is 7.00. The molecular weight excluding hydrogens is 429 g/mol. The van der Waals surface area contributed by atoms with Crippen LogP contribution in [-0.2, 0) is 6.61 Å². The first-order chi connectivity index (χ1) is 14.4. The molecule has 0 unspecified atom stereocenters. The van der Waals surface area contributed by atoms with Crippen LogP contribution in [0, 0.1) is 10.1 Å². The minimum Gasteiger partial charge on any atom is -0.489 e. The number of amides is 1. The largest absolute Gasteiger partial charge is 0.489 e. The number of hydrazone groups is 1. The van der Waals surface area contributed by atoms with Gasteiger partial charge in [-0.25, -0.2) is 5.43 Å². The molecule has 0 spiro atoms. The van der Waals surface area contributed by atoms with Crippen molar-refractivity contribution in [2.24, 2.45) is 5.10 Å². The van der Waals surface area contributed by atoms with Crippen molar-refractivity contribution < 1.29 is 14.5 Å². The average molecular weight is 444 g/mol. The molecule has 9 heteroatoms. The Morgan fingerprint density at radius 2 is 1.77 bits per heavy atom. The molecular formula is C21H15Cl2N3O4. The molecule has 3 rings (SSSR count). The average Bonchev–Trinajstić information content (AvgIpc) is 2.74. The summed E-state index contributed by atoms with van der Waals surface area (Å²) in [5, 5.41) is 15.6. The zero-order valence-electron chi connectivity index (χ0n) is 15.4. The number of nitro groups is 1. The molecule has 0 fully saturated rings. The fourth-order valence-corrected chi connectivity index (χ4v) is 2.88. The number of benzene rings is 3. The molecule has 0 heterocycles. The van der Waals surface area contributed by atoms with Gasteiger partial charge >= 0.3 is 0 Å². The second-order valence-electron chi connectivity index (χ2n) is 6.10. The third-order valence-corrected chi connectivity index (χ3v) is 4.60. The second kappa shape index (κ2) is 9.87. The number of carbonyl (C=O) groups excluding carboxylic acids is 1. The van der Waals surface area contributed by atoms with E-state index in [-0.39, 0.29) is 12.3 Å². The first-order valence-corrected chi connectivity index (χ1v) is 9.42. The summed E-state index contributed by atoms with van der Waals surface area (Å²) in [4.78, 5) is 22.3. The van der Waals surface area contributed by atoms with Crippen LogP contribution in [0.4, 0.5) is 5.69 Å². The monoisotopic (exact) mass is 443 g/mol. The minimum absolute atomic E-state index is 0.0168. The van der Waals surface area contributed by atoms with Gasteiger partial charge in [0.05, 0.1) is 11.1 Å². The smallest absolute Gasteiger partial charge is 0.271 e. The predicted molar refractivity (Wildman–Crippen MR) is 115 cm³/mol. The second-order valence-corrected chi connectivity index (χ2v) is 6.94. The maximum absolute atomic E-state index is 12.2. The summed E-state index contributed by atoms with van der Waals surface area (Å²) in [6.45, 7) is 0.265. The molecule has 0 bridgehead atoms. The van der Waals surface area contributed by atoms with Gasteiger partial charge in [0, 0.05) is 33.3 Å². The van der Waals surface area contributed by atoms with Crippen LogP contribution in [0.1, 0.15) is 21.5 Å². The Morgan fingerprint density at radius 1 is 1.07 bits per heavy atom. The first-order valence-electron chi connectivity index (χ1n) is 8.67. The first kappa shape index (κ1) is 21.3. The summed E-state index contributed by atoms with van der Waals surface area (Å²) < 4.78 is 5.68. The fourth-order valence-electron chi connectivity index (χ4n) is 2.41. The fraction of sp³-hybridized carbons (Fsp3) is 0.0476. The van der Waals surface area contributed by atoms with Crippen molar-refractivity contribution in [3.8, 4) is 5.75 Å². The lowest BCUT2D eigenvalue weighted by Crippen LogP contribution is -2.17. The van der Waals surface area contributed by atoms with Crippen molar-refractivity contribution in [1.29, 1.82) is 0 Å². The van der Waals surface area contributed by atoms with E-state index in [4.69, 9.17) is 27.9 Å². The van der Waals surface area contributed by atoms with Gasteiger partial charge in [-0.2, -0.15) is 5.10 Å². The highest BCUT2D eigenvalue weighted by Crippen LogP contribution is 2.23. The summed E-state index contributed by atoms with van der Waals surface area (Å²) >= 11 is 12.0. The molecule has 3 aromatic carbocycles. The summed E-state index contributed by atoms with van der Waals surface area (Å²) in [5.41, 5.74) is 4.19. The maximum atomic E-state index is 12.2. The van der Waals surface area contributed by atoms with E-state index in [1.165, 1.54) is 30.5 Å². The molecule has 30 heavy (non-hydrogen) atoms. The molecule has 0 saturated carbocycles. The number of rotatable bonds is 7. The summed E-state index contributed by atoms with van der Waals surface area (Å²) in [6, 6.07) is 17.5. The van der Waals surface area contributed by atoms with Crippen LogP contribution in [0.2, 0.25) is 10.0 Å². The number of nitrogens with one attached hydrogen (secondary N) is 1. The Labute approximate surface area is 182 Å². The zero-order chi connectivity index (χ0) is 21.5. The van der Waals surface area contributed by atoms with Crippen LogP contribution >= 0.6 is 23.2 Å². The van der Waals surface area contributed by atoms with Crippen LogP contribution in [0.15, 0.2) is 71.8 Å². The summed E-state index contributed by atoms with van der Waals surface area (Å²) in [7, 11) is 0. The molecule has 0 saturated heterocycles. The molecule has 0 aliphatic heterocycles. The van der Waals surface area contributed by atoms with Gasteiger partial charge in [-0.1, -0.05) is 29.3 Å². The van der Waals surface area contributed by atoms with Crippen molar-refractivity contribution >= 4 is 41.0 Å². The van der Waals surface area contributed by atoms with E-state index >= 15 is 0 Å². The van der Waals surface area contributed by atoms with Crippen molar-refractivity contribution in [3.63, 3.8) is 0 Å². The van der Waals surface area contributed by atoms with Crippen molar-refractivity contribution in [2.75, 3.05) is 0 Å².